The van der Waals surface area contributed by atoms with Crippen LogP contribution in [-0.4, -0.2) is 37.5 Å². The number of benzene rings is 1. The van der Waals surface area contributed by atoms with E-state index in [1.54, 1.807) is 31.2 Å². The Morgan fingerprint density at radius 3 is 2.35 bits per heavy atom. The smallest absolute Gasteiger partial charge is 0.338 e. The third-order valence-electron chi connectivity index (χ3n) is 2.31. The molecule has 7 heteroatoms. The fourth-order valence-corrected chi connectivity index (χ4v) is 1.36. The van der Waals surface area contributed by atoms with Crippen molar-refractivity contribution < 1.29 is 19.1 Å². The molecular formula is C13H17N3O4. The molecule has 2 amide bonds. The van der Waals surface area contributed by atoms with Gasteiger partial charge < -0.3 is 21.1 Å². The summed E-state index contributed by atoms with van der Waals surface area (Å²) in [5.41, 5.74) is 6.02. The molecule has 20 heavy (non-hydrogen) atoms. The molecule has 0 fully saturated rings. The van der Waals surface area contributed by atoms with Crippen LogP contribution in [0.5, 0.6) is 0 Å². The van der Waals surface area contributed by atoms with Gasteiger partial charge in [0.15, 0.2) is 0 Å². The lowest BCUT2D eigenvalue weighted by atomic mass is 10.2. The molecule has 4 N–H and O–H groups in total. The summed E-state index contributed by atoms with van der Waals surface area (Å²) in [6.07, 6.45) is 0. The molecule has 1 aromatic rings. The van der Waals surface area contributed by atoms with Crippen LogP contribution in [-0.2, 0) is 14.3 Å². The molecule has 0 atom stereocenters. The number of anilines is 1. The van der Waals surface area contributed by atoms with E-state index in [9.17, 15) is 14.4 Å². The predicted octanol–water partition coefficient (Wildman–Crippen LogP) is -0.123. The van der Waals surface area contributed by atoms with Crippen molar-refractivity contribution in [3.63, 3.8) is 0 Å². The zero-order valence-electron chi connectivity index (χ0n) is 11.1. The SMILES string of the molecule is CCOC(=O)c1ccc(NC(=O)CNC(=O)CN)cc1. The van der Waals surface area contributed by atoms with Crippen molar-refractivity contribution in [2.45, 2.75) is 6.92 Å². The van der Waals surface area contributed by atoms with Gasteiger partial charge in [-0.2, -0.15) is 0 Å². The maximum absolute atomic E-state index is 11.5. The van der Waals surface area contributed by atoms with Crippen LogP contribution in [0.25, 0.3) is 0 Å². The normalized spacial score (nSPS) is 9.70. The minimum absolute atomic E-state index is 0.157. The average Bonchev–Trinajstić information content (AvgIpc) is 2.45. The highest BCUT2D eigenvalue weighted by Crippen LogP contribution is 2.10. The molecule has 0 saturated carbocycles. The third kappa shape index (κ3) is 5.07. The zero-order valence-corrected chi connectivity index (χ0v) is 11.1. The molecule has 0 heterocycles. The minimum Gasteiger partial charge on any atom is -0.462 e. The monoisotopic (exact) mass is 279 g/mol. The molecule has 0 aliphatic heterocycles. The van der Waals surface area contributed by atoms with Gasteiger partial charge in [-0.25, -0.2) is 4.79 Å². The van der Waals surface area contributed by atoms with Crippen LogP contribution < -0.4 is 16.4 Å². The van der Waals surface area contributed by atoms with Crippen molar-refractivity contribution in [1.82, 2.24) is 5.32 Å². The highest BCUT2D eigenvalue weighted by molar-refractivity contribution is 5.95. The summed E-state index contributed by atoms with van der Waals surface area (Å²) in [4.78, 5) is 33.8. The summed E-state index contributed by atoms with van der Waals surface area (Å²) in [5, 5.41) is 4.92. The lowest BCUT2D eigenvalue weighted by molar-refractivity contribution is -0.123. The van der Waals surface area contributed by atoms with Crippen LogP contribution in [0.4, 0.5) is 5.69 Å². The molecule has 0 aliphatic carbocycles. The summed E-state index contributed by atoms with van der Waals surface area (Å²) >= 11 is 0. The fourth-order valence-electron chi connectivity index (χ4n) is 1.36. The third-order valence-corrected chi connectivity index (χ3v) is 2.31. The van der Waals surface area contributed by atoms with Gasteiger partial charge in [-0.3, -0.25) is 9.59 Å². The number of ether oxygens (including phenoxy) is 1. The van der Waals surface area contributed by atoms with E-state index in [2.05, 4.69) is 10.6 Å². The Morgan fingerprint density at radius 1 is 1.15 bits per heavy atom. The Morgan fingerprint density at radius 2 is 1.80 bits per heavy atom. The number of esters is 1. The van der Waals surface area contributed by atoms with Gasteiger partial charge in [0.05, 0.1) is 25.3 Å². The van der Waals surface area contributed by atoms with Gasteiger partial charge in [0.2, 0.25) is 11.8 Å². The molecule has 0 radical (unpaired) electrons. The van der Waals surface area contributed by atoms with E-state index < -0.39 is 11.9 Å². The quantitative estimate of drug-likeness (QED) is 0.629. The number of amides is 2. The van der Waals surface area contributed by atoms with E-state index in [1.807, 2.05) is 0 Å². The first-order chi connectivity index (χ1) is 9.56. The standard InChI is InChI=1S/C13H17N3O4/c1-2-20-13(19)9-3-5-10(6-4-9)16-12(18)8-15-11(17)7-14/h3-6H,2,7-8,14H2,1H3,(H,15,17)(H,16,18). The number of rotatable bonds is 6. The number of carbonyl (C=O) groups is 3. The maximum atomic E-state index is 11.5. The molecule has 1 rings (SSSR count). The summed E-state index contributed by atoms with van der Waals surface area (Å²) in [6, 6.07) is 6.25. The van der Waals surface area contributed by atoms with Crippen LogP contribution in [0, 0.1) is 0 Å². The molecule has 0 unspecified atom stereocenters. The summed E-state index contributed by atoms with van der Waals surface area (Å²) in [7, 11) is 0. The van der Waals surface area contributed by atoms with Gasteiger partial charge in [-0.1, -0.05) is 0 Å². The van der Waals surface area contributed by atoms with Gasteiger partial charge in [0, 0.05) is 5.69 Å². The zero-order chi connectivity index (χ0) is 15.0. The Labute approximate surface area is 116 Å². The average molecular weight is 279 g/mol. The highest BCUT2D eigenvalue weighted by Gasteiger charge is 2.07. The minimum atomic E-state index is -0.416. The summed E-state index contributed by atoms with van der Waals surface area (Å²) < 4.78 is 4.84. The van der Waals surface area contributed by atoms with Crippen LogP contribution in [0.1, 0.15) is 17.3 Å². The van der Waals surface area contributed by atoms with Gasteiger partial charge in [-0.05, 0) is 31.2 Å². The van der Waals surface area contributed by atoms with E-state index in [1.165, 1.54) is 0 Å². The number of nitrogens with two attached hydrogens (primary N) is 1. The number of hydrogen-bond acceptors (Lipinski definition) is 5. The van der Waals surface area contributed by atoms with Crippen molar-refractivity contribution in [2.75, 3.05) is 25.0 Å². The molecule has 108 valence electrons. The Balaban J connectivity index is 2.50. The van der Waals surface area contributed by atoms with Crippen LogP contribution in [0.2, 0.25) is 0 Å². The van der Waals surface area contributed by atoms with E-state index >= 15 is 0 Å². The van der Waals surface area contributed by atoms with Gasteiger partial charge in [0.25, 0.3) is 0 Å². The summed E-state index contributed by atoms with van der Waals surface area (Å²) in [6.45, 7) is 1.71. The maximum Gasteiger partial charge on any atom is 0.338 e. The Bertz CT molecular complexity index is 485. The second kappa shape index (κ2) is 7.90. The largest absolute Gasteiger partial charge is 0.462 e. The van der Waals surface area contributed by atoms with E-state index in [4.69, 9.17) is 10.5 Å². The molecule has 1 aromatic carbocycles. The first kappa shape index (κ1) is 15.6. The van der Waals surface area contributed by atoms with E-state index in [0.717, 1.165) is 0 Å². The van der Waals surface area contributed by atoms with Gasteiger partial charge in [0.1, 0.15) is 0 Å². The molecule has 7 nitrogen and oxygen atoms in total. The van der Waals surface area contributed by atoms with Crippen molar-refractivity contribution in [3.8, 4) is 0 Å². The Kier molecular flexibility index (Phi) is 6.18. The van der Waals surface area contributed by atoms with Crippen molar-refractivity contribution in [2.24, 2.45) is 5.73 Å². The first-order valence-electron chi connectivity index (χ1n) is 6.10. The lowest BCUT2D eigenvalue weighted by Gasteiger charge is -2.07. The highest BCUT2D eigenvalue weighted by atomic mass is 16.5. The van der Waals surface area contributed by atoms with Gasteiger partial charge in [-0.15, -0.1) is 0 Å². The fraction of sp³-hybridized carbons (Fsp3) is 0.308. The van der Waals surface area contributed by atoms with E-state index in [0.29, 0.717) is 17.9 Å². The predicted molar refractivity (Wildman–Crippen MR) is 73.1 cm³/mol. The van der Waals surface area contributed by atoms with Crippen LogP contribution in [0.15, 0.2) is 24.3 Å². The van der Waals surface area contributed by atoms with Crippen molar-refractivity contribution in [1.29, 1.82) is 0 Å². The summed E-state index contributed by atoms with van der Waals surface area (Å²) in [5.74, 6) is -1.20. The lowest BCUT2D eigenvalue weighted by Crippen LogP contribution is -2.36. The second-order valence-electron chi connectivity index (χ2n) is 3.83. The number of hydrogen-bond donors (Lipinski definition) is 3. The Hall–Kier alpha value is -2.41. The molecule has 0 saturated heterocycles. The number of nitrogens with one attached hydrogen (secondary N) is 2. The molecule has 0 bridgehead atoms. The molecule has 0 aromatic heterocycles. The second-order valence-corrected chi connectivity index (χ2v) is 3.83. The van der Waals surface area contributed by atoms with Crippen molar-refractivity contribution >= 4 is 23.5 Å². The molecular weight excluding hydrogens is 262 g/mol. The van der Waals surface area contributed by atoms with Crippen molar-refractivity contribution in [3.05, 3.63) is 29.8 Å². The van der Waals surface area contributed by atoms with Crippen LogP contribution in [0.3, 0.4) is 0 Å². The number of carbonyl (C=O) groups excluding carboxylic acids is 3. The van der Waals surface area contributed by atoms with Gasteiger partial charge >= 0.3 is 5.97 Å². The molecule has 0 aliphatic rings. The van der Waals surface area contributed by atoms with E-state index in [-0.39, 0.29) is 19.0 Å². The van der Waals surface area contributed by atoms with Crippen LogP contribution >= 0.6 is 0 Å². The first-order valence-corrected chi connectivity index (χ1v) is 6.10. The topological polar surface area (TPSA) is 111 Å². The molecule has 0 spiro atoms.